The molecule has 0 spiro atoms. The van der Waals surface area contributed by atoms with E-state index in [1.807, 2.05) is 0 Å². The van der Waals surface area contributed by atoms with Gasteiger partial charge in [0.1, 0.15) is 0 Å². The normalized spacial score (nSPS) is 37.3. The summed E-state index contributed by atoms with van der Waals surface area (Å²) in [6, 6.07) is 0.0543. The molecule has 1 aliphatic carbocycles. The fraction of sp³-hybridized carbons (Fsp3) is 0.933. The lowest BCUT2D eigenvalue weighted by Gasteiger charge is -2.33. The van der Waals surface area contributed by atoms with Gasteiger partial charge in [-0.05, 0) is 37.5 Å². The molecule has 0 aromatic rings. The van der Waals surface area contributed by atoms with Gasteiger partial charge in [-0.1, -0.05) is 27.2 Å². The second-order valence-electron chi connectivity index (χ2n) is 7.52. The standard InChI is InChI=1S/C15H28N2O/c1-14(2,3)11-7-9-17(10-11)13(18)15(4)8-5-6-12(15)16/h11-12H,5-10,16H2,1-4H3. The summed E-state index contributed by atoms with van der Waals surface area (Å²) < 4.78 is 0. The number of likely N-dealkylation sites (tertiary alicyclic amines) is 1. The highest BCUT2D eigenvalue weighted by molar-refractivity contribution is 5.83. The molecule has 1 amide bonds. The quantitative estimate of drug-likeness (QED) is 0.779. The lowest BCUT2D eigenvalue weighted by Crippen LogP contribution is -2.48. The molecule has 3 heteroatoms. The van der Waals surface area contributed by atoms with Gasteiger partial charge in [0.2, 0.25) is 5.91 Å². The van der Waals surface area contributed by atoms with Gasteiger partial charge in [-0.3, -0.25) is 4.79 Å². The summed E-state index contributed by atoms with van der Waals surface area (Å²) in [4.78, 5) is 14.8. The van der Waals surface area contributed by atoms with Gasteiger partial charge in [0.15, 0.2) is 0 Å². The minimum Gasteiger partial charge on any atom is -0.342 e. The van der Waals surface area contributed by atoms with Crippen LogP contribution >= 0.6 is 0 Å². The molecule has 2 fully saturated rings. The first-order chi connectivity index (χ1) is 8.25. The zero-order valence-electron chi connectivity index (χ0n) is 12.3. The first-order valence-corrected chi connectivity index (χ1v) is 7.30. The monoisotopic (exact) mass is 252 g/mol. The van der Waals surface area contributed by atoms with Crippen LogP contribution in [0.2, 0.25) is 0 Å². The van der Waals surface area contributed by atoms with Crippen molar-refractivity contribution in [1.82, 2.24) is 4.90 Å². The molecule has 3 atom stereocenters. The highest BCUT2D eigenvalue weighted by Crippen LogP contribution is 2.41. The Morgan fingerprint density at radius 3 is 2.44 bits per heavy atom. The van der Waals surface area contributed by atoms with Crippen molar-refractivity contribution < 1.29 is 4.79 Å². The number of carbonyl (C=O) groups excluding carboxylic acids is 1. The number of hydrogen-bond donors (Lipinski definition) is 1. The van der Waals surface area contributed by atoms with Gasteiger partial charge >= 0.3 is 0 Å². The van der Waals surface area contributed by atoms with E-state index in [1.165, 1.54) is 0 Å². The lowest BCUT2D eigenvalue weighted by atomic mass is 9.80. The Morgan fingerprint density at radius 1 is 1.33 bits per heavy atom. The van der Waals surface area contributed by atoms with E-state index in [-0.39, 0.29) is 11.5 Å². The van der Waals surface area contributed by atoms with Crippen molar-refractivity contribution in [2.45, 2.75) is 59.4 Å². The summed E-state index contributed by atoms with van der Waals surface area (Å²) in [7, 11) is 0. The summed E-state index contributed by atoms with van der Waals surface area (Å²) >= 11 is 0. The second-order valence-corrected chi connectivity index (χ2v) is 7.52. The maximum Gasteiger partial charge on any atom is 0.230 e. The molecule has 104 valence electrons. The van der Waals surface area contributed by atoms with E-state index in [1.54, 1.807) is 0 Å². The number of nitrogens with zero attached hydrogens (tertiary/aromatic N) is 1. The zero-order valence-corrected chi connectivity index (χ0v) is 12.3. The molecule has 1 saturated carbocycles. The van der Waals surface area contributed by atoms with Gasteiger partial charge in [-0.25, -0.2) is 0 Å². The van der Waals surface area contributed by atoms with E-state index >= 15 is 0 Å². The van der Waals surface area contributed by atoms with Crippen LogP contribution < -0.4 is 5.73 Å². The summed E-state index contributed by atoms with van der Waals surface area (Å²) in [6.45, 7) is 10.7. The zero-order chi connectivity index (χ0) is 13.6. The molecule has 2 aliphatic rings. The van der Waals surface area contributed by atoms with E-state index in [0.29, 0.717) is 17.2 Å². The van der Waals surface area contributed by atoms with Crippen molar-refractivity contribution in [2.24, 2.45) is 22.5 Å². The maximum atomic E-state index is 12.7. The molecule has 1 aliphatic heterocycles. The number of carbonyl (C=O) groups is 1. The van der Waals surface area contributed by atoms with Crippen molar-refractivity contribution in [3.8, 4) is 0 Å². The summed E-state index contributed by atoms with van der Waals surface area (Å²) in [5, 5.41) is 0. The number of hydrogen-bond acceptors (Lipinski definition) is 2. The molecule has 1 saturated heterocycles. The Labute approximate surface area is 111 Å². The summed E-state index contributed by atoms with van der Waals surface area (Å²) in [5.74, 6) is 0.932. The van der Waals surface area contributed by atoms with Crippen molar-refractivity contribution in [3.05, 3.63) is 0 Å². The van der Waals surface area contributed by atoms with Crippen LogP contribution in [0.25, 0.3) is 0 Å². The molecule has 0 aromatic carbocycles. The minimum atomic E-state index is -0.299. The van der Waals surface area contributed by atoms with Crippen LogP contribution in [0.3, 0.4) is 0 Å². The molecular formula is C15H28N2O. The fourth-order valence-corrected chi connectivity index (χ4v) is 3.47. The van der Waals surface area contributed by atoms with Gasteiger partial charge in [-0.2, -0.15) is 0 Å². The van der Waals surface area contributed by atoms with E-state index in [9.17, 15) is 4.79 Å². The van der Waals surface area contributed by atoms with Gasteiger partial charge < -0.3 is 10.6 Å². The SMILES string of the molecule is CC(C)(C)C1CCN(C(=O)C2(C)CCCC2N)C1. The van der Waals surface area contributed by atoms with Crippen LogP contribution in [-0.2, 0) is 4.79 Å². The predicted octanol–water partition coefficient (Wildman–Crippen LogP) is 2.40. The van der Waals surface area contributed by atoms with Crippen LogP contribution in [0.5, 0.6) is 0 Å². The molecular weight excluding hydrogens is 224 g/mol. The predicted molar refractivity (Wildman–Crippen MR) is 74.1 cm³/mol. The Balaban J connectivity index is 2.04. The Morgan fingerprint density at radius 2 is 2.00 bits per heavy atom. The Hall–Kier alpha value is -0.570. The number of amides is 1. The molecule has 1 heterocycles. The maximum absolute atomic E-state index is 12.7. The molecule has 0 bridgehead atoms. The first kappa shape index (κ1) is 13.9. The number of rotatable bonds is 1. The van der Waals surface area contributed by atoms with E-state index in [2.05, 4.69) is 32.6 Å². The molecule has 18 heavy (non-hydrogen) atoms. The van der Waals surface area contributed by atoms with Gasteiger partial charge in [0.05, 0.1) is 5.41 Å². The molecule has 0 aromatic heterocycles. The van der Waals surface area contributed by atoms with Crippen LogP contribution in [0.15, 0.2) is 0 Å². The highest BCUT2D eigenvalue weighted by Gasteiger charge is 2.47. The smallest absolute Gasteiger partial charge is 0.230 e. The molecule has 0 radical (unpaired) electrons. The van der Waals surface area contributed by atoms with Gasteiger partial charge in [0.25, 0.3) is 0 Å². The Kier molecular flexibility index (Phi) is 3.48. The third-order valence-electron chi connectivity index (χ3n) is 5.22. The summed E-state index contributed by atoms with van der Waals surface area (Å²) in [6.07, 6.45) is 4.20. The first-order valence-electron chi connectivity index (χ1n) is 7.30. The highest BCUT2D eigenvalue weighted by atomic mass is 16.2. The van der Waals surface area contributed by atoms with Crippen molar-refractivity contribution >= 4 is 5.91 Å². The third kappa shape index (κ3) is 2.29. The van der Waals surface area contributed by atoms with Crippen molar-refractivity contribution in [1.29, 1.82) is 0 Å². The topological polar surface area (TPSA) is 46.3 Å². The molecule has 2 N–H and O–H groups in total. The number of nitrogens with two attached hydrogens (primary N) is 1. The van der Waals surface area contributed by atoms with Crippen LogP contribution in [0.4, 0.5) is 0 Å². The van der Waals surface area contributed by atoms with Crippen LogP contribution in [0, 0.1) is 16.7 Å². The largest absolute Gasteiger partial charge is 0.342 e. The van der Waals surface area contributed by atoms with E-state index < -0.39 is 0 Å². The van der Waals surface area contributed by atoms with Gasteiger partial charge in [0, 0.05) is 19.1 Å². The molecule has 2 rings (SSSR count). The Bertz CT molecular complexity index is 334. The molecule has 3 unspecified atom stereocenters. The summed E-state index contributed by atoms with van der Waals surface area (Å²) in [5.41, 5.74) is 6.16. The van der Waals surface area contributed by atoms with E-state index in [0.717, 1.165) is 38.8 Å². The fourth-order valence-electron chi connectivity index (χ4n) is 3.47. The van der Waals surface area contributed by atoms with Crippen LogP contribution in [0.1, 0.15) is 53.4 Å². The second kappa shape index (κ2) is 4.52. The van der Waals surface area contributed by atoms with Gasteiger partial charge in [-0.15, -0.1) is 0 Å². The van der Waals surface area contributed by atoms with Crippen LogP contribution in [-0.4, -0.2) is 29.9 Å². The third-order valence-corrected chi connectivity index (χ3v) is 5.22. The average molecular weight is 252 g/mol. The minimum absolute atomic E-state index is 0.0543. The lowest BCUT2D eigenvalue weighted by molar-refractivity contribution is -0.140. The average Bonchev–Trinajstić information content (AvgIpc) is 2.86. The molecule has 3 nitrogen and oxygen atoms in total. The van der Waals surface area contributed by atoms with E-state index in [4.69, 9.17) is 5.73 Å². The van der Waals surface area contributed by atoms with Crippen molar-refractivity contribution in [2.75, 3.05) is 13.1 Å². The van der Waals surface area contributed by atoms with Crippen molar-refractivity contribution in [3.63, 3.8) is 0 Å².